The molecule has 0 saturated heterocycles. The first-order chi connectivity index (χ1) is 10.3. The number of aromatic nitrogens is 2. The topological polar surface area (TPSA) is 29.9 Å². The summed E-state index contributed by atoms with van der Waals surface area (Å²) >= 11 is 6.33. The summed E-state index contributed by atoms with van der Waals surface area (Å²) in [5, 5.41) is 8.54. The molecule has 114 valence electrons. The van der Waals surface area contributed by atoms with E-state index in [0.29, 0.717) is 0 Å². The molecule has 4 heteroatoms. The number of hydrogen-bond donors (Lipinski definition) is 1. The zero-order valence-corrected chi connectivity index (χ0v) is 13.6. The van der Waals surface area contributed by atoms with Gasteiger partial charge < -0.3 is 5.32 Å². The van der Waals surface area contributed by atoms with Crippen molar-refractivity contribution in [1.29, 1.82) is 0 Å². The fourth-order valence-corrected chi connectivity index (χ4v) is 2.95. The Morgan fingerprint density at radius 3 is 2.71 bits per heavy atom. The van der Waals surface area contributed by atoms with Crippen molar-refractivity contribution in [1.82, 2.24) is 15.1 Å². The molecule has 3 nitrogen and oxygen atoms in total. The van der Waals surface area contributed by atoms with Gasteiger partial charge in [-0.15, -0.1) is 0 Å². The average molecular weight is 306 g/mol. The van der Waals surface area contributed by atoms with Crippen LogP contribution in [-0.4, -0.2) is 16.8 Å². The van der Waals surface area contributed by atoms with Crippen LogP contribution in [0.1, 0.15) is 43.5 Å². The molecule has 0 aliphatic heterocycles. The summed E-state index contributed by atoms with van der Waals surface area (Å²) in [7, 11) is 1.99. The van der Waals surface area contributed by atoms with Gasteiger partial charge in [0.05, 0.1) is 23.0 Å². The summed E-state index contributed by atoms with van der Waals surface area (Å²) < 4.78 is 2.03. The monoisotopic (exact) mass is 305 g/mol. The first kappa shape index (κ1) is 16.1. The van der Waals surface area contributed by atoms with Gasteiger partial charge in [-0.3, -0.25) is 4.68 Å². The lowest BCUT2D eigenvalue weighted by atomic mass is 10.0. The largest absolute Gasteiger partial charge is 0.312 e. The minimum Gasteiger partial charge on any atom is -0.312 e. The van der Waals surface area contributed by atoms with Gasteiger partial charge in [0.2, 0.25) is 0 Å². The highest BCUT2D eigenvalue weighted by atomic mass is 35.5. The summed E-state index contributed by atoms with van der Waals surface area (Å²) in [5.74, 6) is 0. The molecule has 0 saturated carbocycles. The number of hydrogen-bond acceptors (Lipinski definition) is 2. The molecule has 0 aliphatic rings. The predicted molar refractivity (Wildman–Crippen MR) is 88.7 cm³/mol. The third kappa shape index (κ3) is 4.32. The van der Waals surface area contributed by atoms with Crippen LogP contribution in [0, 0.1) is 0 Å². The van der Waals surface area contributed by atoms with Gasteiger partial charge in [-0.2, -0.15) is 5.10 Å². The van der Waals surface area contributed by atoms with Crippen LogP contribution in [0.2, 0.25) is 5.02 Å². The average Bonchev–Trinajstić information content (AvgIpc) is 2.86. The first-order valence-corrected chi connectivity index (χ1v) is 8.06. The van der Waals surface area contributed by atoms with Crippen LogP contribution in [0.15, 0.2) is 36.5 Å². The van der Waals surface area contributed by atoms with Crippen LogP contribution < -0.4 is 5.32 Å². The van der Waals surface area contributed by atoms with Gasteiger partial charge in [0.15, 0.2) is 0 Å². The summed E-state index contributed by atoms with van der Waals surface area (Å²) in [4.78, 5) is 0. The van der Waals surface area contributed by atoms with Gasteiger partial charge in [0, 0.05) is 6.54 Å². The summed E-state index contributed by atoms with van der Waals surface area (Å²) in [6.45, 7) is 3.07. The van der Waals surface area contributed by atoms with E-state index in [9.17, 15) is 0 Å². The second kappa shape index (κ2) is 8.20. The van der Waals surface area contributed by atoms with Crippen LogP contribution >= 0.6 is 11.6 Å². The molecule has 1 aromatic heterocycles. The molecule has 0 spiro atoms. The van der Waals surface area contributed by atoms with Crippen molar-refractivity contribution >= 4 is 11.6 Å². The first-order valence-electron chi connectivity index (χ1n) is 7.68. The number of halogens is 1. The van der Waals surface area contributed by atoms with Crippen molar-refractivity contribution in [3.63, 3.8) is 0 Å². The maximum atomic E-state index is 6.33. The van der Waals surface area contributed by atoms with Crippen molar-refractivity contribution in [3.8, 4) is 0 Å². The van der Waals surface area contributed by atoms with E-state index in [-0.39, 0.29) is 6.04 Å². The SMILES string of the molecule is CCCn1ncc(Cl)c1C(CCCc1ccccc1)NC. The molecule has 1 aromatic carbocycles. The molecular formula is C17H24ClN3. The lowest BCUT2D eigenvalue weighted by Gasteiger charge is -2.18. The van der Waals surface area contributed by atoms with E-state index >= 15 is 0 Å². The van der Waals surface area contributed by atoms with Gasteiger partial charge in [-0.25, -0.2) is 0 Å². The molecule has 0 radical (unpaired) electrons. The molecule has 2 aromatic rings. The van der Waals surface area contributed by atoms with E-state index in [1.807, 2.05) is 11.7 Å². The Kier molecular flexibility index (Phi) is 6.27. The number of aryl methyl sites for hydroxylation is 2. The summed E-state index contributed by atoms with van der Waals surface area (Å²) in [6.07, 6.45) is 6.10. The fraction of sp³-hybridized carbons (Fsp3) is 0.471. The number of nitrogens with zero attached hydrogens (tertiary/aromatic N) is 2. The van der Waals surface area contributed by atoms with Crippen LogP contribution in [0.4, 0.5) is 0 Å². The fourth-order valence-electron chi connectivity index (χ4n) is 2.68. The Hall–Kier alpha value is -1.32. The molecule has 0 amide bonds. The van der Waals surface area contributed by atoms with Crippen LogP contribution in [0.5, 0.6) is 0 Å². The molecule has 21 heavy (non-hydrogen) atoms. The maximum Gasteiger partial charge on any atom is 0.0834 e. The summed E-state index contributed by atoms with van der Waals surface area (Å²) in [5.41, 5.74) is 2.51. The van der Waals surface area contributed by atoms with E-state index in [1.165, 1.54) is 5.56 Å². The van der Waals surface area contributed by atoms with Gasteiger partial charge >= 0.3 is 0 Å². The highest BCUT2D eigenvalue weighted by Gasteiger charge is 2.18. The van der Waals surface area contributed by atoms with E-state index in [2.05, 4.69) is 47.7 Å². The Labute approximate surface area is 132 Å². The number of benzene rings is 1. The van der Waals surface area contributed by atoms with Crippen LogP contribution in [0.25, 0.3) is 0 Å². The lowest BCUT2D eigenvalue weighted by Crippen LogP contribution is -2.21. The second-order valence-electron chi connectivity index (χ2n) is 5.32. The van der Waals surface area contributed by atoms with Gasteiger partial charge in [0.1, 0.15) is 0 Å². The zero-order chi connectivity index (χ0) is 15.1. The minimum absolute atomic E-state index is 0.260. The zero-order valence-electron chi connectivity index (χ0n) is 12.8. The van der Waals surface area contributed by atoms with E-state index in [0.717, 1.165) is 42.9 Å². The minimum atomic E-state index is 0.260. The molecule has 1 unspecified atom stereocenters. The molecule has 1 atom stereocenters. The molecule has 2 rings (SSSR count). The van der Waals surface area contributed by atoms with Crippen molar-refractivity contribution in [2.75, 3.05) is 7.05 Å². The lowest BCUT2D eigenvalue weighted by molar-refractivity contribution is 0.466. The second-order valence-corrected chi connectivity index (χ2v) is 5.73. The molecular weight excluding hydrogens is 282 g/mol. The standard InChI is InChI=1S/C17H24ClN3/c1-3-12-21-17(15(18)13-20-21)16(19-2)11-7-10-14-8-5-4-6-9-14/h4-6,8-9,13,16,19H,3,7,10-12H2,1-2H3. The normalized spacial score (nSPS) is 12.5. The van der Waals surface area contributed by atoms with Crippen molar-refractivity contribution in [2.24, 2.45) is 0 Å². The molecule has 0 fully saturated rings. The van der Waals surface area contributed by atoms with Crippen molar-refractivity contribution in [2.45, 2.75) is 45.2 Å². The Morgan fingerprint density at radius 1 is 1.29 bits per heavy atom. The molecule has 1 heterocycles. The molecule has 0 aliphatic carbocycles. The highest BCUT2D eigenvalue weighted by molar-refractivity contribution is 6.31. The van der Waals surface area contributed by atoms with Gasteiger partial charge in [0.25, 0.3) is 0 Å². The quantitative estimate of drug-likeness (QED) is 0.791. The maximum absolute atomic E-state index is 6.33. The third-order valence-corrected chi connectivity index (χ3v) is 4.04. The van der Waals surface area contributed by atoms with E-state index < -0.39 is 0 Å². The number of rotatable bonds is 8. The van der Waals surface area contributed by atoms with Gasteiger partial charge in [-0.1, -0.05) is 48.9 Å². The predicted octanol–water partition coefficient (Wildman–Crippen LogP) is 4.23. The Balaban J connectivity index is 1.98. The van der Waals surface area contributed by atoms with Crippen molar-refractivity contribution < 1.29 is 0 Å². The van der Waals surface area contributed by atoms with Crippen LogP contribution in [0.3, 0.4) is 0 Å². The van der Waals surface area contributed by atoms with Crippen LogP contribution in [-0.2, 0) is 13.0 Å². The number of nitrogens with one attached hydrogen (secondary N) is 1. The van der Waals surface area contributed by atoms with E-state index in [4.69, 9.17) is 11.6 Å². The molecule has 1 N–H and O–H groups in total. The molecule has 0 bridgehead atoms. The highest BCUT2D eigenvalue weighted by Crippen LogP contribution is 2.26. The third-order valence-electron chi connectivity index (χ3n) is 3.75. The smallest absolute Gasteiger partial charge is 0.0834 e. The summed E-state index contributed by atoms with van der Waals surface area (Å²) in [6, 6.07) is 10.9. The Bertz CT molecular complexity index is 536. The Morgan fingerprint density at radius 2 is 2.05 bits per heavy atom. The van der Waals surface area contributed by atoms with E-state index in [1.54, 1.807) is 6.20 Å². The van der Waals surface area contributed by atoms with Gasteiger partial charge in [-0.05, 0) is 38.3 Å². The van der Waals surface area contributed by atoms with Crippen molar-refractivity contribution in [3.05, 3.63) is 52.8 Å².